The monoisotopic (exact) mass is 528 g/mol. The Morgan fingerprint density at radius 3 is 2.52 bits per heavy atom. The smallest absolute Gasteiger partial charge is 0.401 e. The van der Waals surface area contributed by atoms with Crippen LogP contribution in [0, 0.1) is 5.92 Å². The molecule has 2 N–H and O–H groups in total. The average molecular weight is 528 g/mol. The molecule has 9 heteroatoms. The normalized spacial score (nSPS) is 18.3. The minimum atomic E-state index is -4.14. The maximum Gasteiger partial charge on any atom is 0.401 e. The van der Waals surface area contributed by atoms with Gasteiger partial charge in [0.15, 0.2) is 5.96 Å². The van der Waals surface area contributed by atoms with Crippen molar-refractivity contribution in [3.05, 3.63) is 29.8 Å². The number of halogens is 4. The molecule has 0 aromatic heterocycles. The van der Waals surface area contributed by atoms with Crippen LogP contribution in [0.25, 0.3) is 0 Å². The second kappa shape index (κ2) is 11.2. The molecule has 0 amide bonds. The van der Waals surface area contributed by atoms with Crippen LogP contribution in [0.4, 0.5) is 13.2 Å². The van der Waals surface area contributed by atoms with Crippen LogP contribution in [0.5, 0.6) is 5.75 Å². The molecule has 1 fully saturated rings. The highest BCUT2D eigenvalue weighted by Gasteiger charge is 2.34. The molecule has 1 aliphatic rings. The first-order valence-electron chi connectivity index (χ1n) is 9.56. The summed E-state index contributed by atoms with van der Waals surface area (Å²) in [4.78, 5) is 5.67. The lowest BCUT2D eigenvalue weighted by Crippen LogP contribution is -2.40. The van der Waals surface area contributed by atoms with Crippen molar-refractivity contribution in [1.82, 2.24) is 15.5 Å². The molecule has 0 aliphatic carbocycles. The number of hydrogen-bond donors (Lipinski definition) is 2. The van der Waals surface area contributed by atoms with Crippen molar-refractivity contribution >= 4 is 29.9 Å². The van der Waals surface area contributed by atoms with E-state index >= 15 is 0 Å². The molecule has 29 heavy (non-hydrogen) atoms. The van der Waals surface area contributed by atoms with E-state index in [0.29, 0.717) is 32.1 Å². The minimum Gasteiger partial charge on any atom is -0.488 e. The van der Waals surface area contributed by atoms with Crippen molar-refractivity contribution in [3.8, 4) is 5.75 Å². The summed E-state index contributed by atoms with van der Waals surface area (Å²) in [6.45, 7) is 7.23. The highest BCUT2D eigenvalue weighted by molar-refractivity contribution is 14.0. The Morgan fingerprint density at radius 2 is 1.90 bits per heavy atom. The van der Waals surface area contributed by atoms with E-state index in [0.717, 1.165) is 17.7 Å². The van der Waals surface area contributed by atoms with Gasteiger partial charge in [0.25, 0.3) is 0 Å². The molecule has 0 spiro atoms. The molecule has 1 aromatic carbocycles. The van der Waals surface area contributed by atoms with Gasteiger partial charge in [-0.3, -0.25) is 9.89 Å². The number of rotatable bonds is 6. The van der Waals surface area contributed by atoms with Crippen molar-refractivity contribution in [1.29, 1.82) is 0 Å². The Hall–Kier alpha value is -1.23. The van der Waals surface area contributed by atoms with Gasteiger partial charge in [0, 0.05) is 32.2 Å². The first-order valence-corrected chi connectivity index (χ1v) is 9.56. The number of benzene rings is 1. The molecule has 1 heterocycles. The van der Waals surface area contributed by atoms with Crippen LogP contribution in [0.15, 0.2) is 29.3 Å². The zero-order valence-corrected chi connectivity index (χ0v) is 19.8. The van der Waals surface area contributed by atoms with Gasteiger partial charge in [0.05, 0.1) is 6.54 Å². The molecule has 1 aliphatic heterocycles. The number of hydrogen-bond acceptors (Lipinski definition) is 3. The number of ether oxygens (including phenoxy) is 1. The van der Waals surface area contributed by atoms with Gasteiger partial charge in [0.2, 0.25) is 0 Å². The van der Waals surface area contributed by atoms with Gasteiger partial charge in [-0.2, -0.15) is 13.2 Å². The maximum atomic E-state index is 12.5. The lowest BCUT2D eigenvalue weighted by Gasteiger charge is -2.23. The molecular weight excluding hydrogens is 496 g/mol. The number of para-hydroxylation sites is 1. The zero-order valence-electron chi connectivity index (χ0n) is 17.5. The average Bonchev–Trinajstić information content (AvgIpc) is 3.00. The SMILES string of the molecule is CN=C(NCc1ccccc1OC(C)(C)C)NCC1CCN(CC(F)(F)F)C1.I. The highest BCUT2D eigenvalue weighted by atomic mass is 127. The van der Waals surface area contributed by atoms with E-state index in [2.05, 4.69) is 15.6 Å². The summed E-state index contributed by atoms with van der Waals surface area (Å²) in [5.74, 6) is 1.62. The summed E-state index contributed by atoms with van der Waals surface area (Å²) in [5.41, 5.74) is 0.721. The van der Waals surface area contributed by atoms with Crippen molar-refractivity contribution in [2.75, 3.05) is 33.2 Å². The maximum absolute atomic E-state index is 12.5. The fourth-order valence-electron chi connectivity index (χ4n) is 3.20. The Bertz CT molecular complexity index is 662. The van der Waals surface area contributed by atoms with E-state index in [9.17, 15) is 13.2 Å². The Labute approximate surface area is 188 Å². The van der Waals surface area contributed by atoms with Crippen molar-refractivity contribution in [2.45, 2.75) is 45.5 Å². The van der Waals surface area contributed by atoms with E-state index in [1.807, 2.05) is 45.0 Å². The van der Waals surface area contributed by atoms with Gasteiger partial charge in [0.1, 0.15) is 11.4 Å². The summed E-state index contributed by atoms with van der Waals surface area (Å²) >= 11 is 0. The van der Waals surface area contributed by atoms with Crippen LogP contribution in [0.2, 0.25) is 0 Å². The van der Waals surface area contributed by atoms with Gasteiger partial charge in [-0.05, 0) is 45.7 Å². The van der Waals surface area contributed by atoms with Crippen molar-refractivity contribution < 1.29 is 17.9 Å². The second-order valence-corrected chi connectivity index (χ2v) is 8.13. The van der Waals surface area contributed by atoms with Gasteiger partial charge in [-0.1, -0.05) is 18.2 Å². The topological polar surface area (TPSA) is 48.9 Å². The third-order valence-electron chi connectivity index (χ3n) is 4.39. The molecule has 5 nitrogen and oxygen atoms in total. The molecule has 0 bridgehead atoms. The van der Waals surface area contributed by atoms with E-state index in [-0.39, 0.29) is 35.5 Å². The molecule has 0 saturated carbocycles. The summed E-state index contributed by atoms with van der Waals surface area (Å²) < 4.78 is 43.5. The predicted octanol–water partition coefficient (Wildman–Crippen LogP) is 4.03. The third-order valence-corrected chi connectivity index (χ3v) is 4.39. The fourth-order valence-corrected chi connectivity index (χ4v) is 3.20. The molecule has 2 rings (SSSR count). The van der Waals surface area contributed by atoms with Gasteiger partial charge >= 0.3 is 6.18 Å². The van der Waals surface area contributed by atoms with Crippen LogP contribution in [0.3, 0.4) is 0 Å². The first kappa shape index (κ1) is 25.8. The lowest BCUT2D eigenvalue weighted by atomic mass is 10.1. The fraction of sp³-hybridized carbons (Fsp3) is 0.650. The number of likely N-dealkylation sites (tertiary alicyclic amines) is 1. The summed E-state index contributed by atoms with van der Waals surface area (Å²) in [7, 11) is 1.68. The Kier molecular flexibility index (Phi) is 10.0. The van der Waals surface area contributed by atoms with E-state index in [4.69, 9.17) is 4.74 Å². The number of alkyl halides is 3. The zero-order chi connectivity index (χ0) is 20.8. The minimum absolute atomic E-state index is 0. The second-order valence-electron chi connectivity index (χ2n) is 8.13. The summed E-state index contributed by atoms with van der Waals surface area (Å²) in [6, 6.07) is 7.82. The molecule has 1 unspecified atom stereocenters. The molecule has 1 aromatic rings. The number of aliphatic imine (C=N–C) groups is 1. The quantitative estimate of drug-likeness (QED) is 0.333. The predicted molar refractivity (Wildman–Crippen MR) is 121 cm³/mol. The van der Waals surface area contributed by atoms with E-state index < -0.39 is 12.7 Å². The summed E-state index contributed by atoms with van der Waals surface area (Å²) in [6.07, 6.45) is -3.38. The van der Waals surface area contributed by atoms with Gasteiger partial charge < -0.3 is 15.4 Å². The molecular formula is C20H32F3IN4O. The van der Waals surface area contributed by atoms with E-state index in [1.54, 1.807) is 7.05 Å². The lowest BCUT2D eigenvalue weighted by molar-refractivity contribution is -0.143. The third kappa shape index (κ3) is 9.88. The number of nitrogens with zero attached hydrogens (tertiary/aromatic N) is 2. The van der Waals surface area contributed by atoms with Gasteiger partial charge in [-0.25, -0.2) is 0 Å². The standard InChI is InChI=1S/C20H31F3N4O.HI/c1-19(2,3)28-17-8-6-5-7-16(17)12-26-18(24-4)25-11-15-9-10-27(13-15)14-20(21,22)23;/h5-8,15H,9-14H2,1-4H3,(H2,24,25,26);1H. The van der Waals surface area contributed by atoms with Crippen molar-refractivity contribution in [3.63, 3.8) is 0 Å². The summed E-state index contributed by atoms with van der Waals surface area (Å²) in [5, 5.41) is 6.47. The molecule has 0 radical (unpaired) electrons. The van der Waals surface area contributed by atoms with Crippen LogP contribution >= 0.6 is 24.0 Å². The number of nitrogens with one attached hydrogen (secondary N) is 2. The van der Waals surface area contributed by atoms with Crippen molar-refractivity contribution in [2.24, 2.45) is 10.9 Å². The van der Waals surface area contributed by atoms with Crippen LogP contribution in [-0.2, 0) is 6.54 Å². The molecule has 166 valence electrons. The van der Waals surface area contributed by atoms with Crippen LogP contribution in [-0.4, -0.2) is 55.9 Å². The van der Waals surface area contributed by atoms with Crippen LogP contribution < -0.4 is 15.4 Å². The highest BCUT2D eigenvalue weighted by Crippen LogP contribution is 2.23. The Morgan fingerprint density at radius 1 is 1.21 bits per heavy atom. The van der Waals surface area contributed by atoms with Crippen LogP contribution in [0.1, 0.15) is 32.8 Å². The van der Waals surface area contributed by atoms with E-state index in [1.165, 1.54) is 4.90 Å². The molecule has 1 saturated heterocycles. The molecule has 1 atom stereocenters. The first-order chi connectivity index (χ1) is 13.1. The Balaban J connectivity index is 0.00000420. The number of guanidine groups is 1. The largest absolute Gasteiger partial charge is 0.488 e. The van der Waals surface area contributed by atoms with Gasteiger partial charge in [-0.15, -0.1) is 24.0 Å².